The van der Waals surface area contributed by atoms with Gasteiger partial charge < -0.3 is 10.2 Å². The molecule has 0 spiro atoms. The van der Waals surface area contributed by atoms with Crippen LogP contribution in [0.1, 0.15) is 36.9 Å². The molecule has 0 aliphatic carbocycles. The van der Waals surface area contributed by atoms with Crippen LogP contribution in [0, 0.1) is 6.92 Å². The Kier molecular flexibility index (Phi) is 5.16. The third-order valence-corrected chi connectivity index (χ3v) is 4.70. The van der Waals surface area contributed by atoms with Crippen LogP contribution < -0.4 is 5.32 Å². The van der Waals surface area contributed by atoms with E-state index in [1.165, 1.54) is 12.5 Å². The number of hydrogen-bond acceptors (Lipinski definition) is 3. The summed E-state index contributed by atoms with van der Waals surface area (Å²) in [6, 6.07) is 8.39. The average Bonchev–Trinajstić information content (AvgIpc) is 3.10. The summed E-state index contributed by atoms with van der Waals surface area (Å²) in [5.74, 6) is 0.0160. The summed E-state index contributed by atoms with van der Waals surface area (Å²) in [5.41, 5.74) is 4.54. The number of likely N-dealkylation sites (tertiary alicyclic amines) is 1. The van der Waals surface area contributed by atoms with Crippen molar-refractivity contribution >= 4 is 11.8 Å². The molecule has 1 aromatic carbocycles. The van der Waals surface area contributed by atoms with Crippen LogP contribution in [-0.4, -0.2) is 46.5 Å². The quantitative estimate of drug-likeness (QED) is 0.896. The van der Waals surface area contributed by atoms with Gasteiger partial charge in [0.1, 0.15) is 0 Å². The molecule has 0 radical (unpaired) electrons. The van der Waals surface area contributed by atoms with Gasteiger partial charge in [-0.25, -0.2) is 0 Å². The number of amides is 2. The highest BCUT2D eigenvalue weighted by molar-refractivity contribution is 5.83. The van der Waals surface area contributed by atoms with E-state index in [1.54, 1.807) is 0 Å². The van der Waals surface area contributed by atoms with Gasteiger partial charge in [-0.1, -0.05) is 29.8 Å². The number of carbonyl (C=O) groups is 2. The van der Waals surface area contributed by atoms with Crippen molar-refractivity contribution in [1.82, 2.24) is 20.4 Å². The fourth-order valence-corrected chi connectivity index (χ4v) is 3.32. The highest BCUT2D eigenvalue weighted by Crippen LogP contribution is 2.33. The molecule has 1 aromatic heterocycles. The lowest BCUT2D eigenvalue weighted by molar-refractivity contribution is -0.133. The van der Waals surface area contributed by atoms with Crippen LogP contribution in [0.15, 0.2) is 30.5 Å². The van der Waals surface area contributed by atoms with Gasteiger partial charge in [0.15, 0.2) is 0 Å². The molecule has 0 bridgehead atoms. The summed E-state index contributed by atoms with van der Waals surface area (Å²) in [5, 5.41) is 9.97. The third kappa shape index (κ3) is 4.07. The van der Waals surface area contributed by atoms with Crippen LogP contribution >= 0.6 is 0 Å². The van der Waals surface area contributed by atoms with Crippen molar-refractivity contribution in [2.75, 3.05) is 19.6 Å². The van der Waals surface area contributed by atoms with Gasteiger partial charge in [0.05, 0.1) is 12.7 Å². The predicted octanol–water partition coefficient (Wildman–Crippen LogP) is 2.23. The Labute approximate surface area is 147 Å². The number of hydrogen-bond donors (Lipinski definition) is 2. The number of piperidine rings is 1. The van der Waals surface area contributed by atoms with Crippen molar-refractivity contribution in [2.45, 2.75) is 32.6 Å². The second-order valence-electron chi connectivity index (χ2n) is 6.65. The molecule has 0 unspecified atom stereocenters. The van der Waals surface area contributed by atoms with Gasteiger partial charge in [-0.05, 0) is 25.3 Å². The molecule has 132 valence electrons. The van der Waals surface area contributed by atoms with Crippen molar-refractivity contribution in [1.29, 1.82) is 0 Å². The van der Waals surface area contributed by atoms with Crippen LogP contribution in [0.25, 0.3) is 11.1 Å². The van der Waals surface area contributed by atoms with E-state index in [0.29, 0.717) is 6.54 Å². The summed E-state index contributed by atoms with van der Waals surface area (Å²) in [6.07, 6.45) is 3.83. The van der Waals surface area contributed by atoms with Gasteiger partial charge >= 0.3 is 0 Å². The van der Waals surface area contributed by atoms with E-state index in [0.717, 1.165) is 36.2 Å². The lowest BCUT2D eigenvalue weighted by Crippen LogP contribution is -2.44. The average molecular weight is 340 g/mol. The Bertz CT molecular complexity index is 751. The van der Waals surface area contributed by atoms with Gasteiger partial charge in [0.25, 0.3) is 0 Å². The number of aromatic nitrogens is 2. The Morgan fingerprint density at radius 3 is 2.80 bits per heavy atom. The van der Waals surface area contributed by atoms with E-state index in [4.69, 9.17) is 0 Å². The molecule has 2 aromatic rings. The number of nitrogens with zero attached hydrogens (tertiary/aromatic N) is 2. The van der Waals surface area contributed by atoms with Crippen LogP contribution in [-0.2, 0) is 9.59 Å². The molecule has 1 saturated heterocycles. The Hall–Kier alpha value is -2.63. The van der Waals surface area contributed by atoms with Crippen molar-refractivity contribution in [3.05, 3.63) is 41.7 Å². The van der Waals surface area contributed by atoms with Crippen molar-refractivity contribution in [2.24, 2.45) is 0 Å². The number of carbonyl (C=O) groups excluding carboxylic acids is 2. The van der Waals surface area contributed by atoms with Crippen molar-refractivity contribution < 1.29 is 9.59 Å². The van der Waals surface area contributed by atoms with Crippen LogP contribution in [0.3, 0.4) is 0 Å². The summed E-state index contributed by atoms with van der Waals surface area (Å²) in [4.78, 5) is 25.1. The summed E-state index contributed by atoms with van der Waals surface area (Å²) in [7, 11) is 0. The van der Waals surface area contributed by atoms with Gasteiger partial charge in [0, 0.05) is 37.2 Å². The summed E-state index contributed by atoms with van der Waals surface area (Å²) < 4.78 is 0. The molecule has 1 aliphatic heterocycles. The highest BCUT2D eigenvalue weighted by atomic mass is 16.2. The molecule has 2 heterocycles. The fourth-order valence-electron chi connectivity index (χ4n) is 3.32. The number of aryl methyl sites for hydroxylation is 1. The topological polar surface area (TPSA) is 78.1 Å². The molecular formula is C19H24N4O2. The minimum Gasteiger partial charge on any atom is -0.347 e. The maximum atomic E-state index is 12.3. The molecule has 6 heteroatoms. The first-order valence-corrected chi connectivity index (χ1v) is 8.67. The zero-order valence-electron chi connectivity index (χ0n) is 14.7. The monoisotopic (exact) mass is 340 g/mol. The van der Waals surface area contributed by atoms with Crippen LogP contribution in [0.4, 0.5) is 0 Å². The lowest BCUT2D eigenvalue weighted by Gasteiger charge is -2.32. The van der Waals surface area contributed by atoms with E-state index in [2.05, 4.69) is 46.7 Å². The third-order valence-electron chi connectivity index (χ3n) is 4.70. The normalized spacial score (nSPS) is 17.4. The Morgan fingerprint density at radius 2 is 2.08 bits per heavy atom. The number of benzene rings is 1. The molecule has 1 aliphatic rings. The van der Waals surface area contributed by atoms with Crippen LogP contribution in [0.5, 0.6) is 0 Å². The van der Waals surface area contributed by atoms with E-state index >= 15 is 0 Å². The fraction of sp³-hybridized carbons (Fsp3) is 0.421. The van der Waals surface area contributed by atoms with E-state index in [-0.39, 0.29) is 24.3 Å². The largest absolute Gasteiger partial charge is 0.347 e. The zero-order valence-corrected chi connectivity index (χ0v) is 14.7. The summed E-state index contributed by atoms with van der Waals surface area (Å²) in [6.45, 7) is 4.95. The van der Waals surface area contributed by atoms with E-state index in [9.17, 15) is 9.59 Å². The van der Waals surface area contributed by atoms with Gasteiger partial charge in [0.2, 0.25) is 11.8 Å². The van der Waals surface area contributed by atoms with Crippen LogP contribution in [0.2, 0.25) is 0 Å². The number of rotatable bonds is 4. The second kappa shape index (κ2) is 7.51. The first kappa shape index (κ1) is 17.2. The molecule has 1 fully saturated rings. The van der Waals surface area contributed by atoms with E-state index in [1.807, 2.05) is 11.1 Å². The van der Waals surface area contributed by atoms with Crippen molar-refractivity contribution in [3.63, 3.8) is 0 Å². The molecule has 6 nitrogen and oxygen atoms in total. The molecule has 2 N–H and O–H groups in total. The minimum absolute atomic E-state index is 0.0312. The minimum atomic E-state index is -0.183. The molecule has 0 saturated carbocycles. The van der Waals surface area contributed by atoms with Crippen molar-refractivity contribution in [3.8, 4) is 11.1 Å². The van der Waals surface area contributed by atoms with E-state index < -0.39 is 0 Å². The van der Waals surface area contributed by atoms with Gasteiger partial charge in [-0.15, -0.1) is 0 Å². The van der Waals surface area contributed by atoms with Gasteiger partial charge in [-0.3, -0.25) is 14.7 Å². The maximum Gasteiger partial charge on any atom is 0.241 e. The standard InChI is InChI=1S/C19H24N4O2/c1-13-5-7-15(8-6-13)17-10-21-22-19(17)16-4-3-9-23(12-16)18(25)11-20-14(2)24/h5-8,10,16H,3-4,9,11-12H2,1-2H3,(H,20,24)(H,21,22)/t16-/m1/s1. The Balaban J connectivity index is 1.74. The smallest absolute Gasteiger partial charge is 0.241 e. The molecule has 1 atom stereocenters. The predicted molar refractivity (Wildman–Crippen MR) is 96.0 cm³/mol. The molecule has 25 heavy (non-hydrogen) atoms. The SMILES string of the molecule is CC(=O)NCC(=O)N1CCC[C@@H](c2[nH]ncc2-c2ccc(C)cc2)C1. The number of nitrogens with one attached hydrogen (secondary N) is 2. The lowest BCUT2D eigenvalue weighted by atomic mass is 9.90. The summed E-state index contributed by atoms with van der Waals surface area (Å²) >= 11 is 0. The maximum absolute atomic E-state index is 12.3. The molecule has 2 amide bonds. The Morgan fingerprint density at radius 1 is 1.32 bits per heavy atom. The molecular weight excluding hydrogens is 316 g/mol. The first-order chi connectivity index (χ1) is 12.0. The first-order valence-electron chi connectivity index (χ1n) is 8.67. The molecule has 3 rings (SSSR count). The zero-order chi connectivity index (χ0) is 17.8. The highest BCUT2D eigenvalue weighted by Gasteiger charge is 2.27. The second-order valence-corrected chi connectivity index (χ2v) is 6.65. The number of H-pyrrole nitrogens is 1. The van der Waals surface area contributed by atoms with Gasteiger partial charge in [-0.2, -0.15) is 5.10 Å². The number of aromatic amines is 1.